The third-order valence-corrected chi connectivity index (χ3v) is 4.14. The van der Waals surface area contributed by atoms with Gasteiger partial charge in [-0.2, -0.15) is 0 Å². The van der Waals surface area contributed by atoms with Crippen molar-refractivity contribution in [1.82, 2.24) is 4.98 Å². The van der Waals surface area contributed by atoms with Gasteiger partial charge in [0.05, 0.1) is 18.0 Å². The number of carbonyl (C=O) groups excluding carboxylic acids is 1. The molecule has 0 radical (unpaired) electrons. The lowest BCUT2D eigenvalue weighted by Gasteiger charge is -2.11. The lowest BCUT2D eigenvalue weighted by Crippen LogP contribution is -2.19. The monoisotopic (exact) mass is 304 g/mol. The second-order valence-electron chi connectivity index (χ2n) is 4.77. The molecule has 0 bridgehead atoms. The molecular weight excluding hydrogens is 288 g/mol. The van der Waals surface area contributed by atoms with Crippen molar-refractivity contribution in [3.63, 3.8) is 0 Å². The number of hydrogen-bond donors (Lipinski definition) is 2. The van der Waals surface area contributed by atoms with Gasteiger partial charge in [0.15, 0.2) is 0 Å². The third-order valence-electron chi connectivity index (χ3n) is 3.07. The van der Waals surface area contributed by atoms with Crippen molar-refractivity contribution in [2.45, 2.75) is 26.2 Å². The fraction of sp³-hybridized carbons (Fsp3) is 0.267. The van der Waals surface area contributed by atoms with E-state index in [4.69, 9.17) is 5.11 Å². The Balaban J connectivity index is 2.07. The van der Waals surface area contributed by atoms with Gasteiger partial charge in [0.25, 0.3) is 0 Å². The summed E-state index contributed by atoms with van der Waals surface area (Å²) >= 11 is 1.31. The van der Waals surface area contributed by atoms with Crippen LogP contribution in [0.2, 0.25) is 0 Å². The van der Waals surface area contributed by atoms with Gasteiger partial charge in [0, 0.05) is 11.1 Å². The van der Waals surface area contributed by atoms with Crippen LogP contribution < -0.4 is 5.32 Å². The van der Waals surface area contributed by atoms with Gasteiger partial charge in [0.2, 0.25) is 5.91 Å². The number of nitrogens with zero attached hydrogens (tertiary/aromatic N) is 1. The predicted molar refractivity (Wildman–Crippen MR) is 81.7 cm³/mol. The van der Waals surface area contributed by atoms with Gasteiger partial charge in [-0.05, 0) is 25.5 Å². The number of carboxylic acids is 1. The molecule has 2 rings (SSSR count). The number of nitrogens with one attached hydrogen (secondary N) is 1. The first-order chi connectivity index (χ1) is 9.97. The van der Waals surface area contributed by atoms with Crippen LogP contribution in [-0.4, -0.2) is 22.0 Å². The number of carbonyl (C=O) groups is 2. The molecule has 0 aliphatic carbocycles. The summed E-state index contributed by atoms with van der Waals surface area (Å²) in [6.45, 7) is 3.69. The summed E-state index contributed by atoms with van der Waals surface area (Å²) in [6, 6.07) is 7.54. The van der Waals surface area contributed by atoms with Crippen LogP contribution >= 0.6 is 11.3 Å². The van der Waals surface area contributed by atoms with Crippen molar-refractivity contribution < 1.29 is 14.7 Å². The number of benzene rings is 1. The number of aromatic nitrogens is 1. The van der Waals surface area contributed by atoms with Crippen molar-refractivity contribution >= 4 is 28.9 Å². The van der Waals surface area contributed by atoms with Gasteiger partial charge < -0.3 is 10.4 Å². The molecule has 1 aromatic heterocycles. The zero-order chi connectivity index (χ0) is 15.4. The van der Waals surface area contributed by atoms with Crippen LogP contribution in [0.1, 0.15) is 29.1 Å². The maximum absolute atomic E-state index is 12.2. The molecule has 2 N–H and O–H groups in total. The number of rotatable bonds is 5. The quantitative estimate of drug-likeness (QED) is 0.890. The second-order valence-corrected chi connectivity index (χ2v) is 5.66. The van der Waals surface area contributed by atoms with E-state index < -0.39 is 11.9 Å². The summed E-state index contributed by atoms with van der Waals surface area (Å²) in [7, 11) is 0. The number of anilines is 1. The first kappa shape index (κ1) is 15.2. The highest BCUT2D eigenvalue weighted by Crippen LogP contribution is 2.23. The molecule has 21 heavy (non-hydrogen) atoms. The maximum atomic E-state index is 12.2. The molecule has 5 nitrogen and oxygen atoms in total. The summed E-state index contributed by atoms with van der Waals surface area (Å²) in [6.07, 6.45) is -0.122. The summed E-state index contributed by atoms with van der Waals surface area (Å²) in [5.41, 5.74) is 2.25. The average molecular weight is 304 g/mol. The van der Waals surface area contributed by atoms with Crippen molar-refractivity contribution in [2.75, 3.05) is 5.32 Å². The Morgan fingerprint density at radius 2 is 2.10 bits per heavy atom. The van der Waals surface area contributed by atoms with Crippen LogP contribution in [0, 0.1) is 6.92 Å². The average Bonchev–Trinajstić information content (AvgIpc) is 2.88. The highest BCUT2D eigenvalue weighted by molar-refractivity contribution is 7.09. The minimum atomic E-state index is -0.927. The highest BCUT2D eigenvalue weighted by atomic mass is 32.1. The van der Waals surface area contributed by atoms with Crippen LogP contribution in [0.5, 0.6) is 0 Å². The van der Waals surface area contributed by atoms with Crippen LogP contribution in [0.3, 0.4) is 0 Å². The Labute approximate surface area is 126 Å². The number of aryl methyl sites for hydroxylation is 1. The Morgan fingerprint density at radius 1 is 1.38 bits per heavy atom. The minimum Gasteiger partial charge on any atom is -0.481 e. The number of carboxylic acid groups (broad SMARTS) is 1. The van der Waals surface area contributed by atoms with E-state index >= 15 is 0 Å². The molecule has 2 aromatic rings. The molecular formula is C15H16N2O3S. The van der Waals surface area contributed by atoms with E-state index in [-0.39, 0.29) is 12.3 Å². The van der Waals surface area contributed by atoms with Gasteiger partial charge in [-0.1, -0.05) is 18.2 Å². The van der Waals surface area contributed by atoms with Crippen molar-refractivity contribution in [3.05, 3.63) is 45.9 Å². The molecule has 1 heterocycles. The zero-order valence-electron chi connectivity index (χ0n) is 11.8. The Hall–Kier alpha value is -2.21. The molecule has 0 fully saturated rings. The smallest absolute Gasteiger partial charge is 0.309 e. The van der Waals surface area contributed by atoms with Crippen LogP contribution in [0.15, 0.2) is 29.6 Å². The zero-order valence-corrected chi connectivity index (χ0v) is 12.6. The topological polar surface area (TPSA) is 79.3 Å². The third kappa shape index (κ3) is 3.88. The number of para-hydroxylation sites is 1. The normalized spacial score (nSPS) is 11.9. The highest BCUT2D eigenvalue weighted by Gasteiger charge is 2.20. The van der Waals surface area contributed by atoms with E-state index in [0.29, 0.717) is 10.7 Å². The predicted octanol–water partition coefficient (Wildman–Crippen LogP) is 2.82. The van der Waals surface area contributed by atoms with Crippen molar-refractivity contribution in [1.29, 1.82) is 0 Å². The molecule has 1 amide bonds. The van der Waals surface area contributed by atoms with E-state index in [2.05, 4.69) is 10.3 Å². The van der Waals surface area contributed by atoms with Gasteiger partial charge in [-0.15, -0.1) is 11.3 Å². The number of amides is 1. The summed E-state index contributed by atoms with van der Waals surface area (Å²) in [5.74, 6) is -1.50. The molecule has 6 heteroatoms. The maximum Gasteiger partial charge on any atom is 0.309 e. The van der Waals surface area contributed by atoms with Crippen LogP contribution in [-0.2, 0) is 16.0 Å². The Bertz CT molecular complexity index is 666. The van der Waals surface area contributed by atoms with E-state index in [1.54, 1.807) is 12.3 Å². The first-order valence-electron chi connectivity index (χ1n) is 6.50. The fourth-order valence-corrected chi connectivity index (χ4v) is 2.70. The first-order valence-corrected chi connectivity index (χ1v) is 7.38. The second kappa shape index (κ2) is 6.49. The van der Waals surface area contributed by atoms with E-state index in [9.17, 15) is 9.59 Å². The van der Waals surface area contributed by atoms with Gasteiger partial charge in [0.1, 0.15) is 5.01 Å². The molecule has 0 aliphatic rings. The SMILES string of the molecule is Cc1ccccc1NC(=O)[C@@H](C)c1nc(CC(=O)O)cs1. The van der Waals surface area contributed by atoms with Crippen LogP contribution in [0.4, 0.5) is 5.69 Å². The molecule has 110 valence electrons. The Kier molecular flexibility index (Phi) is 4.70. The van der Waals surface area contributed by atoms with E-state index in [1.165, 1.54) is 11.3 Å². The number of aliphatic carboxylic acids is 1. The summed E-state index contributed by atoms with van der Waals surface area (Å²) < 4.78 is 0. The van der Waals surface area contributed by atoms with E-state index in [1.807, 2.05) is 31.2 Å². The van der Waals surface area contributed by atoms with Gasteiger partial charge in [-0.25, -0.2) is 4.98 Å². The van der Waals surface area contributed by atoms with Crippen molar-refractivity contribution in [3.8, 4) is 0 Å². The molecule has 1 aromatic carbocycles. The van der Waals surface area contributed by atoms with Crippen LogP contribution in [0.25, 0.3) is 0 Å². The molecule has 0 unspecified atom stereocenters. The lowest BCUT2D eigenvalue weighted by molar-refractivity contribution is -0.136. The lowest BCUT2D eigenvalue weighted by atomic mass is 10.1. The largest absolute Gasteiger partial charge is 0.481 e. The van der Waals surface area contributed by atoms with Crippen molar-refractivity contribution in [2.24, 2.45) is 0 Å². The van der Waals surface area contributed by atoms with E-state index in [0.717, 1.165) is 11.3 Å². The minimum absolute atomic E-state index is 0.122. The molecule has 0 aliphatic heterocycles. The molecule has 0 saturated heterocycles. The summed E-state index contributed by atoms with van der Waals surface area (Å²) in [4.78, 5) is 27.1. The standard InChI is InChI=1S/C15H16N2O3S/c1-9-5-3-4-6-12(9)17-14(20)10(2)15-16-11(8-21-15)7-13(18)19/h3-6,8,10H,7H2,1-2H3,(H,17,20)(H,18,19)/t10-/m1/s1. The number of thiazole rings is 1. The number of hydrogen-bond acceptors (Lipinski definition) is 4. The van der Waals surface area contributed by atoms with Gasteiger partial charge >= 0.3 is 5.97 Å². The summed E-state index contributed by atoms with van der Waals surface area (Å²) in [5, 5.41) is 13.9. The van der Waals surface area contributed by atoms with Gasteiger partial charge in [-0.3, -0.25) is 9.59 Å². The Morgan fingerprint density at radius 3 is 2.76 bits per heavy atom. The fourth-order valence-electron chi connectivity index (χ4n) is 1.82. The molecule has 1 atom stereocenters. The molecule has 0 spiro atoms. The molecule has 0 saturated carbocycles.